The van der Waals surface area contributed by atoms with Crippen LogP contribution < -0.4 is 4.74 Å². The number of rotatable bonds is 2. The number of hydrogen-bond acceptors (Lipinski definition) is 3. The fraction of sp³-hybridized carbons (Fsp3) is 0.308. The maximum atomic E-state index is 11.6. The molecule has 2 rings (SSSR count). The maximum absolute atomic E-state index is 11.6. The average Bonchev–Trinajstić information content (AvgIpc) is 2.66. The second-order valence-electron chi connectivity index (χ2n) is 3.93. The summed E-state index contributed by atoms with van der Waals surface area (Å²) in [5.74, 6) is 0.455. The summed E-state index contributed by atoms with van der Waals surface area (Å²) >= 11 is 0. The molecule has 0 unspecified atom stereocenters. The molecule has 0 N–H and O–H groups in total. The van der Waals surface area contributed by atoms with E-state index in [2.05, 4.69) is 0 Å². The van der Waals surface area contributed by atoms with Crippen LogP contribution >= 0.6 is 0 Å². The Bertz CT molecular complexity index is 584. The molecule has 0 spiro atoms. The number of nitrogens with zero attached hydrogens (tertiary/aromatic N) is 1. The number of aromatic nitrogens is 1. The third kappa shape index (κ3) is 1.65. The number of esters is 1. The topological polar surface area (TPSA) is 40.5 Å². The van der Waals surface area contributed by atoms with Crippen LogP contribution in [0.5, 0.6) is 5.75 Å². The van der Waals surface area contributed by atoms with E-state index in [1.54, 1.807) is 13.2 Å². The number of ether oxygens (including phenoxy) is 2. The van der Waals surface area contributed by atoms with Gasteiger partial charge >= 0.3 is 5.97 Å². The lowest BCUT2D eigenvalue weighted by Gasteiger charge is -2.06. The van der Waals surface area contributed by atoms with Crippen LogP contribution in [0.1, 0.15) is 16.1 Å². The van der Waals surface area contributed by atoms with Gasteiger partial charge in [0.2, 0.25) is 0 Å². The molecule has 0 aliphatic carbocycles. The number of carbonyl (C=O) groups excluding carboxylic acids is 1. The molecule has 0 saturated heterocycles. The lowest BCUT2D eigenvalue weighted by Crippen LogP contribution is -2.06. The minimum Gasteiger partial charge on any atom is -0.496 e. The van der Waals surface area contributed by atoms with Crippen LogP contribution in [0.25, 0.3) is 10.9 Å². The zero-order valence-corrected chi connectivity index (χ0v) is 10.4. The molecule has 0 saturated carbocycles. The van der Waals surface area contributed by atoms with Gasteiger partial charge in [-0.05, 0) is 24.6 Å². The fourth-order valence-corrected chi connectivity index (χ4v) is 2.06. The van der Waals surface area contributed by atoms with E-state index in [0.29, 0.717) is 5.69 Å². The zero-order valence-electron chi connectivity index (χ0n) is 10.4. The Labute approximate surface area is 99.7 Å². The Hall–Kier alpha value is -1.97. The summed E-state index contributed by atoms with van der Waals surface area (Å²) in [6.45, 7) is 1.98. The van der Waals surface area contributed by atoms with Crippen molar-refractivity contribution in [2.75, 3.05) is 14.2 Å². The lowest BCUT2D eigenvalue weighted by molar-refractivity contribution is 0.0590. The number of benzene rings is 1. The van der Waals surface area contributed by atoms with E-state index < -0.39 is 0 Å². The number of methoxy groups -OCH3 is 2. The first-order chi connectivity index (χ1) is 8.10. The molecule has 4 heteroatoms. The second-order valence-corrected chi connectivity index (χ2v) is 3.93. The van der Waals surface area contributed by atoms with Crippen molar-refractivity contribution in [3.8, 4) is 5.75 Å². The van der Waals surface area contributed by atoms with E-state index in [1.165, 1.54) is 7.11 Å². The normalized spacial score (nSPS) is 10.6. The Kier molecular flexibility index (Phi) is 2.79. The van der Waals surface area contributed by atoms with E-state index in [-0.39, 0.29) is 5.97 Å². The summed E-state index contributed by atoms with van der Waals surface area (Å²) in [4.78, 5) is 11.6. The lowest BCUT2D eigenvalue weighted by atomic mass is 10.1. The number of aryl methyl sites for hydroxylation is 2. The molecule has 2 aromatic rings. The maximum Gasteiger partial charge on any atom is 0.354 e. The minimum absolute atomic E-state index is 0.344. The van der Waals surface area contributed by atoms with Crippen LogP contribution in [0.4, 0.5) is 0 Å². The Balaban J connectivity index is 2.77. The van der Waals surface area contributed by atoms with Crippen LogP contribution in [-0.4, -0.2) is 24.8 Å². The van der Waals surface area contributed by atoms with Gasteiger partial charge in [0.1, 0.15) is 11.4 Å². The monoisotopic (exact) mass is 233 g/mol. The van der Waals surface area contributed by atoms with E-state index in [0.717, 1.165) is 22.2 Å². The second kappa shape index (κ2) is 4.13. The highest BCUT2D eigenvalue weighted by atomic mass is 16.5. The van der Waals surface area contributed by atoms with Gasteiger partial charge in [-0.25, -0.2) is 4.79 Å². The van der Waals surface area contributed by atoms with E-state index in [9.17, 15) is 4.79 Å². The SMILES string of the molecule is COC(=O)c1cc2c(OC)c(C)ccc2n1C. The van der Waals surface area contributed by atoms with Gasteiger partial charge in [-0.3, -0.25) is 0 Å². The van der Waals surface area contributed by atoms with Crippen molar-refractivity contribution >= 4 is 16.9 Å². The molecule has 0 radical (unpaired) electrons. The summed E-state index contributed by atoms with van der Waals surface area (Å²) < 4.78 is 11.9. The van der Waals surface area contributed by atoms with Crippen molar-refractivity contribution < 1.29 is 14.3 Å². The molecule has 0 aliphatic heterocycles. The van der Waals surface area contributed by atoms with E-state index >= 15 is 0 Å². The van der Waals surface area contributed by atoms with Crippen LogP contribution in [0, 0.1) is 6.92 Å². The largest absolute Gasteiger partial charge is 0.496 e. The molecule has 0 bridgehead atoms. The van der Waals surface area contributed by atoms with Crippen LogP contribution in [0.2, 0.25) is 0 Å². The van der Waals surface area contributed by atoms with Crippen LogP contribution in [-0.2, 0) is 11.8 Å². The van der Waals surface area contributed by atoms with Gasteiger partial charge in [0.05, 0.1) is 19.7 Å². The molecule has 0 fully saturated rings. The molecular formula is C13H15NO3. The molecule has 17 heavy (non-hydrogen) atoms. The van der Waals surface area contributed by atoms with Gasteiger partial charge in [-0.1, -0.05) is 6.07 Å². The van der Waals surface area contributed by atoms with Gasteiger partial charge in [0, 0.05) is 12.4 Å². The number of carbonyl (C=O) groups is 1. The van der Waals surface area contributed by atoms with Crippen LogP contribution in [0.3, 0.4) is 0 Å². The van der Waals surface area contributed by atoms with Crippen molar-refractivity contribution in [2.45, 2.75) is 6.92 Å². The molecule has 1 aromatic heterocycles. The molecule has 90 valence electrons. The molecule has 1 heterocycles. The Morgan fingerprint density at radius 1 is 1.29 bits per heavy atom. The average molecular weight is 233 g/mol. The predicted molar refractivity (Wildman–Crippen MR) is 65.5 cm³/mol. The molecule has 4 nitrogen and oxygen atoms in total. The third-order valence-corrected chi connectivity index (χ3v) is 2.97. The fourth-order valence-electron chi connectivity index (χ4n) is 2.06. The summed E-state index contributed by atoms with van der Waals surface area (Å²) in [5, 5.41) is 0.926. The highest BCUT2D eigenvalue weighted by Crippen LogP contribution is 2.31. The van der Waals surface area contributed by atoms with Gasteiger partial charge in [-0.2, -0.15) is 0 Å². The quantitative estimate of drug-likeness (QED) is 0.747. The first-order valence-electron chi connectivity index (χ1n) is 5.31. The summed E-state index contributed by atoms with van der Waals surface area (Å²) in [6.07, 6.45) is 0. The molecule has 0 atom stereocenters. The van der Waals surface area contributed by atoms with Crippen molar-refractivity contribution in [2.24, 2.45) is 7.05 Å². The number of fused-ring (bicyclic) bond motifs is 1. The van der Waals surface area contributed by atoms with Crippen molar-refractivity contribution in [3.63, 3.8) is 0 Å². The highest BCUT2D eigenvalue weighted by Gasteiger charge is 2.16. The molecule has 0 amide bonds. The summed E-state index contributed by atoms with van der Waals surface area (Å²) in [6, 6.07) is 5.74. The first-order valence-corrected chi connectivity index (χ1v) is 5.31. The van der Waals surface area contributed by atoms with Gasteiger partial charge in [0.25, 0.3) is 0 Å². The van der Waals surface area contributed by atoms with Crippen LogP contribution in [0.15, 0.2) is 18.2 Å². The van der Waals surface area contributed by atoms with Crippen molar-refractivity contribution in [3.05, 3.63) is 29.5 Å². The Morgan fingerprint density at radius 3 is 2.59 bits per heavy atom. The third-order valence-electron chi connectivity index (χ3n) is 2.97. The van der Waals surface area contributed by atoms with Crippen molar-refractivity contribution in [1.82, 2.24) is 4.57 Å². The van der Waals surface area contributed by atoms with Gasteiger partial charge in [0.15, 0.2) is 0 Å². The van der Waals surface area contributed by atoms with Gasteiger partial charge < -0.3 is 14.0 Å². The summed E-state index contributed by atoms with van der Waals surface area (Å²) in [5.41, 5.74) is 2.52. The zero-order chi connectivity index (χ0) is 12.6. The van der Waals surface area contributed by atoms with Crippen molar-refractivity contribution in [1.29, 1.82) is 0 Å². The van der Waals surface area contributed by atoms with Gasteiger partial charge in [-0.15, -0.1) is 0 Å². The molecule has 0 aliphatic rings. The molecule has 1 aromatic carbocycles. The van der Waals surface area contributed by atoms with E-state index in [1.807, 2.05) is 30.7 Å². The summed E-state index contributed by atoms with van der Waals surface area (Å²) in [7, 11) is 4.85. The van der Waals surface area contributed by atoms with E-state index in [4.69, 9.17) is 9.47 Å². The standard InChI is InChI=1S/C13H15NO3/c1-8-5-6-10-9(12(8)16-3)7-11(14(10)2)13(15)17-4/h5-7H,1-4H3. The Morgan fingerprint density at radius 2 is 2.00 bits per heavy atom. The smallest absolute Gasteiger partial charge is 0.354 e. The predicted octanol–water partition coefficient (Wildman–Crippen LogP) is 2.28. The highest BCUT2D eigenvalue weighted by molar-refractivity contribution is 5.98. The minimum atomic E-state index is -0.344. The molecular weight excluding hydrogens is 218 g/mol. The first kappa shape index (κ1) is 11.5. The number of hydrogen-bond donors (Lipinski definition) is 0.